The Balaban J connectivity index is 1.55. The van der Waals surface area contributed by atoms with E-state index in [-0.39, 0.29) is 24.4 Å². The fraction of sp³-hybridized carbons (Fsp3) is 0.391. The van der Waals surface area contributed by atoms with Crippen LogP contribution in [0.25, 0.3) is 0 Å². The van der Waals surface area contributed by atoms with E-state index in [1.54, 1.807) is 24.3 Å². The minimum absolute atomic E-state index is 0.0760. The molecule has 0 spiro atoms. The Morgan fingerprint density at radius 2 is 1.90 bits per heavy atom. The van der Waals surface area contributed by atoms with E-state index in [0.717, 1.165) is 29.0 Å². The topological polar surface area (TPSA) is 73.9 Å². The van der Waals surface area contributed by atoms with Crippen LogP contribution in [0.4, 0.5) is 0 Å². The van der Waals surface area contributed by atoms with Gasteiger partial charge >= 0.3 is 0 Å². The number of rotatable bonds is 9. The fourth-order valence-electron chi connectivity index (χ4n) is 3.24. The Bertz CT molecular complexity index is 876. The number of nitrogens with one attached hydrogen (secondary N) is 1. The second-order valence-electron chi connectivity index (χ2n) is 7.00. The minimum atomic E-state index is -0.240. The number of carbonyl (C=O) groups is 2. The summed E-state index contributed by atoms with van der Waals surface area (Å²) in [5.74, 6) is 2.00. The van der Waals surface area contributed by atoms with Crippen molar-refractivity contribution in [3.05, 3.63) is 53.1 Å². The lowest BCUT2D eigenvalue weighted by molar-refractivity contribution is -0.123. The molecule has 0 radical (unpaired) electrons. The van der Waals surface area contributed by atoms with Gasteiger partial charge in [0.15, 0.2) is 12.4 Å². The highest BCUT2D eigenvalue weighted by molar-refractivity contribution is 5.95. The lowest BCUT2D eigenvalue weighted by atomic mass is 10.1. The zero-order chi connectivity index (χ0) is 20.8. The van der Waals surface area contributed by atoms with E-state index < -0.39 is 0 Å². The first-order valence-electron chi connectivity index (χ1n) is 9.98. The molecular weight excluding hydrogens is 370 g/mol. The molecule has 154 valence electrons. The summed E-state index contributed by atoms with van der Waals surface area (Å²) in [6, 6.07) is 10.7. The summed E-state index contributed by atoms with van der Waals surface area (Å²) in [5.41, 5.74) is 2.64. The molecule has 0 aromatic heterocycles. The molecular formula is C23H27NO5. The van der Waals surface area contributed by atoms with Crippen LogP contribution in [0.5, 0.6) is 17.2 Å². The highest BCUT2D eigenvalue weighted by Gasteiger charge is 2.22. The number of ketones is 1. The van der Waals surface area contributed by atoms with Crippen molar-refractivity contribution in [2.45, 2.75) is 46.3 Å². The highest BCUT2D eigenvalue weighted by Crippen LogP contribution is 2.35. The van der Waals surface area contributed by atoms with Gasteiger partial charge in [0.05, 0.1) is 6.61 Å². The van der Waals surface area contributed by atoms with E-state index in [2.05, 4.69) is 5.32 Å². The third-order valence-corrected chi connectivity index (χ3v) is 4.72. The molecule has 6 heteroatoms. The van der Waals surface area contributed by atoms with Crippen molar-refractivity contribution in [1.82, 2.24) is 5.32 Å². The average Bonchev–Trinajstić information content (AvgIpc) is 3.09. The van der Waals surface area contributed by atoms with Crippen LogP contribution in [0, 0.1) is 0 Å². The molecule has 1 heterocycles. The summed E-state index contributed by atoms with van der Waals surface area (Å²) in [6.45, 7) is 6.55. The monoisotopic (exact) mass is 397 g/mol. The predicted octanol–water partition coefficient (Wildman–Crippen LogP) is 3.70. The van der Waals surface area contributed by atoms with Crippen molar-refractivity contribution in [3.8, 4) is 17.2 Å². The summed E-state index contributed by atoms with van der Waals surface area (Å²) < 4.78 is 17.1. The van der Waals surface area contributed by atoms with Gasteiger partial charge in [-0.25, -0.2) is 0 Å². The Kier molecular flexibility index (Phi) is 6.75. The normalized spacial score (nSPS) is 14.7. The quantitative estimate of drug-likeness (QED) is 0.653. The van der Waals surface area contributed by atoms with Crippen molar-refractivity contribution >= 4 is 11.7 Å². The van der Waals surface area contributed by atoms with Crippen LogP contribution in [0.1, 0.15) is 48.7 Å². The summed E-state index contributed by atoms with van der Waals surface area (Å²) in [6.07, 6.45) is 1.47. The maximum absolute atomic E-state index is 12.2. The van der Waals surface area contributed by atoms with Crippen LogP contribution in [0.15, 0.2) is 36.4 Å². The van der Waals surface area contributed by atoms with Crippen LogP contribution >= 0.6 is 0 Å². The molecule has 0 saturated carbocycles. The maximum Gasteiger partial charge on any atom is 0.258 e. The van der Waals surface area contributed by atoms with Gasteiger partial charge in [-0.3, -0.25) is 9.59 Å². The van der Waals surface area contributed by atoms with Gasteiger partial charge in [-0.05, 0) is 50.2 Å². The van der Waals surface area contributed by atoms with Gasteiger partial charge in [-0.1, -0.05) is 6.92 Å². The number of hydrogen-bond donors (Lipinski definition) is 1. The van der Waals surface area contributed by atoms with E-state index in [1.807, 2.05) is 32.9 Å². The Morgan fingerprint density at radius 3 is 2.59 bits per heavy atom. The van der Waals surface area contributed by atoms with Gasteiger partial charge in [0.1, 0.15) is 23.4 Å². The summed E-state index contributed by atoms with van der Waals surface area (Å²) in [7, 11) is 0. The fourth-order valence-corrected chi connectivity index (χ4v) is 3.24. The molecule has 3 rings (SSSR count). The van der Waals surface area contributed by atoms with Crippen LogP contribution in [0.3, 0.4) is 0 Å². The lowest BCUT2D eigenvalue weighted by Crippen LogP contribution is -2.28. The van der Waals surface area contributed by atoms with Crippen LogP contribution in [0.2, 0.25) is 0 Å². The van der Waals surface area contributed by atoms with Crippen molar-refractivity contribution in [2.24, 2.45) is 0 Å². The van der Waals surface area contributed by atoms with Crippen molar-refractivity contribution in [3.63, 3.8) is 0 Å². The Labute approximate surface area is 171 Å². The third-order valence-electron chi connectivity index (χ3n) is 4.72. The number of carbonyl (C=O) groups excluding carboxylic acids is 2. The molecule has 2 aromatic carbocycles. The molecule has 1 atom stereocenters. The van der Waals surface area contributed by atoms with Gasteiger partial charge in [0, 0.05) is 36.1 Å². The van der Waals surface area contributed by atoms with Gasteiger partial charge < -0.3 is 19.5 Å². The van der Waals surface area contributed by atoms with E-state index in [9.17, 15) is 9.59 Å². The molecule has 29 heavy (non-hydrogen) atoms. The first kappa shape index (κ1) is 20.7. The van der Waals surface area contributed by atoms with Crippen molar-refractivity contribution in [1.29, 1.82) is 0 Å². The zero-order valence-electron chi connectivity index (χ0n) is 17.1. The van der Waals surface area contributed by atoms with Gasteiger partial charge in [0.2, 0.25) is 0 Å². The largest absolute Gasteiger partial charge is 0.494 e. The molecule has 1 aliphatic rings. The average molecular weight is 397 g/mol. The molecule has 6 nitrogen and oxygen atoms in total. The molecule has 1 N–H and O–H groups in total. The highest BCUT2D eigenvalue weighted by atomic mass is 16.5. The second-order valence-corrected chi connectivity index (χ2v) is 7.00. The van der Waals surface area contributed by atoms with Crippen LogP contribution < -0.4 is 19.5 Å². The molecule has 0 fully saturated rings. The minimum Gasteiger partial charge on any atom is -0.494 e. The molecule has 1 amide bonds. The number of fused-ring (bicyclic) bond motifs is 1. The number of Topliss-reactive ketones (excluding diaryl/α,β-unsaturated/α-hetero) is 1. The van der Waals surface area contributed by atoms with Gasteiger partial charge in [-0.15, -0.1) is 0 Å². The molecule has 0 aliphatic carbocycles. The first-order chi connectivity index (χ1) is 14.0. The number of hydrogen-bond acceptors (Lipinski definition) is 5. The second kappa shape index (κ2) is 9.45. The molecule has 2 aromatic rings. The summed E-state index contributed by atoms with van der Waals surface area (Å²) >= 11 is 0. The standard InChI is InChI=1S/C23H27NO5/c1-4-20(25)16-6-8-19(9-7-16)28-14-23(26)24-13-18-12-22-17(10-15(3)29-22)11-21(18)27-5-2/h6-9,11-12,15H,4-5,10,13-14H2,1-3H3,(H,24,26)/t15-/m0/s1. The molecule has 1 aliphatic heterocycles. The van der Waals surface area contributed by atoms with Crippen LogP contribution in [-0.2, 0) is 17.8 Å². The zero-order valence-corrected chi connectivity index (χ0v) is 17.1. The molecule has 0 unspecified atom stereocenters. The first-order valence-corrected chi connectivity index (χ1v) is 9.98. The van der Waals surface area contributed by atoms with E-state index in [0.29, 0.717) is 30.9 Å². The Hall–Kier alpha value is -3.02. The number of amides is 1. The number of benzene rings is 2. The maximum atomic E-state index is 12.2. The Morgan fingerprint density at radius 1 is 1.14 bits per heavy atom. The summed E-state index contributed by atoms with van der Waals surface area (Å²) in [5, 5.41) is 2.86. The molecule has 0 saturated heterocycles. The SMILES string of the molecule is CCOc1cc2c(cc1CNC(=O)COc1ccc(C(=O)CC)cc1)O[C@@H](C)C2. The smallest absolute Gasteiger partial charge is 0.258 e. The summed E-state index contributed by atoms with van der Waals surface area (Å²) in [4.78, 5) is 23.9. The predicted molar refractivity (Wildman–Crippen MR) is 110 cm³/mol. The van der Waals surface area contributed by atoms with Gasteiger partial charge in [-0.2, -0.15) is 0 Å². The van der Waals surface area contributed by atoms with Crippen LogP contribution in [-0.4, -0.2) is 31.0 Å². The van der Waals surface area contributed by atoms with Crippen molar-refractivity contribution < 1.29 is 23.8 Å². The third kappa shape index (κ3) is 5.28. The lowest BCUT2D eigenvalue weighted by Gasteiger charge is -2.13. The van der Waals surface area contributed by atoms with E-state index in [1.165, 1.54) is 0 Å². The number of ether oxygens (including phenoxy) is 3. The van der Waals surface area contributed by atoms with Crippen molar-refractivity contribution in [2.75, 3.05) is 13.2 Å². The molecule has 0 bridgehead atoms. The van der Waals surface area contributed by atoms with E-state index in [4.69, 9.17) is 14.2 Å². The van der Waals surface area contributed by atoms with Gasteiger partial charge in [0.25, 0.3) is 5.91 Å². The van der Waals surface area contributed by atoms with E-state index >= 15 is 0 Å².